The second-order valence-corrected chi connectivity index (χ2v) is 6.60. The van der Waals surface area contributed by atoms with Gasteiger partial charge in [0, 0.05) is 44.1 Å². The minimum Gasteiger partial charge on any atom is -0.353 e. The quantitative estimate of drug-likeness (QED) is 0.915. The summed E-state index contributed by atoms with van der Waals surface area (Å²) in [7, 11) is 0. The van der Waals surface area contributed by atoms with Crippen molar-refractivity contribution in [3.05, 3.63) is 41.9 Å². The molecule has 7 heteroatoms. The van der Waals surface area contributed by atoms with Crippen LogP contribution < -0.4 is 10.2 Å². The van der Waals surface area contributed by atoms with Gasteiger partial charge in [0.2, 0.25) is 5.95 Å². The summed E-state index contributed by atoms with van der Waals surface area (Å²) >= 11 is 0. The van der Waals surface area contributed by atoms with E-state index >= 15 is 0 Å². The van der Waals surface area contributed by atoms with Crippen LogP contribution in [0.1, 0.15) is 29.0 Å². The molecule has 1 N–H and O–H groups in total. The molecule has 2 aliphatic rings. The summed E-state index contributed by atoms with van der Waals surface area (Å²) in [6.45, 7) is 4.79. The van der Waals surface area contributed by atoms with Gasteiger partial charge in [-0.3, -0.25) is 4.79 Å². The van der Waals surface area contributed by atoms with Gasteiger partial charge >= 0.3 is 0 Å². The van der Waals surface area contributed by atoms with Crippen LogP contribution in [0.3, 0.4) is 0 Å². The van der Waals surface area contributed by atoms with Crippen molar-refractivity contribution in [3.8, 4) is 0 Å². The predicted octanol–water partition coefficient (Wildman–Crippen LogP) is 1.72. The highest BCUT2D eigenvalue weighted by Gasteiger charge is 2.26. The number of rotatable bonds is 4. The van der Waals surface area contributed by atoms with Crippen molar-refractivity contribution in [1.82, 2.24) is 19.9 Å². The number of amides is 1. The van der Waals surface area contributed by atoms with Gasteiger partial charge in [-0.15, -0.1) is 0 Å². The van der Waals surface area contributed by atoms with E-state index in [1.165, 1.54) is 0 Å². The molecule has 2 fully saturated rings. The average Bonchev–Trinajstić information content (AvgIpc) is 3.45. The van der Waals surface area contributed by atoms with Gasteiger partial charge in [0.15, 0.2) is 0 Å². The van der Waals surface area contributed by atoms with Crippen molar-refractivity contribution in [2.45, 2.75) is 25.8 Å². The number of hydrogen-bond donors (Lipinski definition) is 1. The highest BCUT2D eigenvalue weighted by molar-refractivity contribution is 5.92. The smallest absolute Gasteiger partial charge is 0.272 e. The number of piperazine rings is 1. The number of anilines is 2. The maximum atomic E-state index is 12.8. The second-order valence-electron chi connectivity index (χ2n) is 6.60. The van der Waals surface area contributed by atoms with E-state index in [1.54, 1.807) is 12.3 Å². The van der Waals surface area contributed by atoms with Gasteiger partial charge in [0.1, 0.15) is 11.5 Å². The number of carbonyl (C=O) groups is 1. The molecule has 0 unspecified atom stereocenters. The fraction of sp³-hybridized carbons (Fsp3) is 0.444. The number of nitrogens with zero attached hydrogens (tertiary/aromatic N) is 5. The van der Waals surface area contributed by atoms with E-state index in [2.05, 4.69) is 25.2 Å². The van der Waals surface area contributed by atoms with Crippen LogP contribution in [0, 0.1) is 6.92 Å². The normalized spacial score (nSPS) is 17.5. The molecule has 25 heavy (non-hydrogen) atoms. The average molecular weight is 338 g/mol. The first-order valence-electron chi connectivity index (χ1n) is 8.76. The molecule has 1 saturated heterocycles. The van der Waals surface area contributed by atoms with Gasteiger partial charge in [-0.2, -0.15) is 0 Å². The molecule has 1 aliphatic heterocycles. The van der Waals surface area contributed by atoms with Gasteiger partial charge < -0.3 is 15.1 Å². The molecule has 0 spiro atoms. The van der Waals surface area contributed by atoms with E-state index in [4.69, 9.17) is 0 Å². The van der Waals surface area contributed by atoms with Crippen LogP contribution in [0.4, 0.5) is 11.8 Å². The molecule has 1 saturated carbocycles. The maximum absolute atomic E-state index is 12.8. The van der Waals surface area contributed by atoms with Gasteiger partial charge in [0.05, 0.1) is 0 Å². The van der Waals surface area contributed by atoms with Crippen molar-refractivity contribution in [2.24, 2.45) is 0 Å². The molecule has 7 nitrogen and oxygen atoms in total. The summed E-state index contributed by atoms with van der Waals surface area (Å²) in [6.07, 6.45) is 4.09. The second kappa shape index (κ2) is 6.66. The standard InChI is InChI=1S/C18H22N6O/c1-13-12-15(22-18(20-13)21-14-5-6-14)17(25)24-10-8-23(9-11-24)16-4-2-3-7-19-16/h2-4,7,12,14H,5-6,8-11H2,1H3,(H,20,21,22). The third-order valence-corrected chi connectivity index (χ3v) is 4.52. The van der Waals surface area contributed by atoms with E-state index in [0.717, 1.165) is 37.4 Å². The molecule has 2 aromatic heterocycles. The Hall–Kier alpha value is -2.70. The summed E-state index contributed by atoms with van der Waals surface area (Å²) in [5.74, 6) is 1.51. The third-order valence-electron chi connectivity index (χ3n) is 4.52. The van der Waals surface area contributed by atoms with Crippen LogP contribution >= 0.6 is 0 Å². The Labute approximate surface area is 147 Å². The Morgan fingerprint density at radius 1 is 1.16 bits per heavy atom. The number of carbonyl (C=O) groups excluding carboxylic acids is 1. The zero-order valence-electron chi connectivity index (χ0n) is 14.4. The molecule has 0 aromatic carbocycles. The minimum atomic E-state index is -0.0231. The number of nitrogens with one attached hydrogen (secondary N) is 1. The Morgan fingerprint density at radius 2 is 1.96 bits per heavy atom. The van der Waals surface area contributed by atoms with Crippen molar-refractivity contribution in [2.75, 3.05) is 36.4 Å². The summed E-state index contributed by atoms with van der Waals surface area (Å²) < 4.78 is 0. The predicted molar refractivity (Wildman–Crippen MR) is 95.8 cm³/mol. The summed E-state index contributed by atoms with van der Waals surface area (Å²) in [4.78, 5) is 30.1. The first-order valence-corrected chi connectivity index (χ1v) is 8.76. The molecular formula is C18H22N6O. The third kappa shape index (κ3) is 3.70. The molecule has 0 bridgehead atoms. The highest BCUT2D eigenvalue weighted by Crippen LogP contribution is 2.23. The number of aryl methyl sites for hydroxylation is 1. The van der Waals surface area contributed by atoms with Crippen molar-refractivity contribution in [1.29, 1.82) is 0 Å². The molecule has 2 aromatic rings. The lowest BCUT2D eigenvalue weighted by Crippen LogP contribution is -2.49. The lowest BCUT2D eigenvalue weighted by atomic mass is 10.2. The Bertz CT molecular complexity index is 753. The van der Waals surface area contributed by atoms with E-state index in [1.807, 2.05) is 30.0 Å². The zero-order chi connectivity index (χ0) is 17.2. The van der Waals surface area contributed by atoms with Crippen LogP contribution in [-0.4, -0.2) is 58.0 Å². The Morgan fingerprint density at radius 3 is 2.64 bits per heavy atom. The maximum Gasteiger partial charge on any atom is 0.272 e. The first-order chi connectivity index (χ1) is 12.2. The van der Waals surface area contributed by atoms with Gasteiger partial charge in [0.25, 0.3) is 5.91 Å². The molecule has 0 radical (unpaired) electrons. The number of aromatic nitrogens is 3. The Kier molecular flexibility index (Phi) is 4.21. The van der Waals surface area contributed by atoms with Crippen LogP contribution in [0.2, 0.25) is 0 Å². The fourth-order valence-electron chi connectivity index (χ4n) is 2.99. The van der Waals surface area contributed by atoms with Crippen LogP contribution in [0.5, 0.6) is 0 Å². The van der Waals surface area contributed by atoms with Crippen molar-refractivity contribution < 1.29 is 4.79 Å². The molecule has 130 valence electrons. The topological polar surface area (TPSA) is 74.2 Å². The Balaban J connectivity index is 1.42. The molecule has 1 amide bonds. The lowest BCUT2D eigenvalue weighted by Gasteiger charge is -2.35. The monoisotopic (exact) mass is 338 g/mol. The van der Waals surface area contributed by atoms with Gasteiger partial charge in [-0.1, -0.05) is 6.07 Å². The largest absolute Gasteiger partial charge is 0.353 e. The van der Waals surface area contributed by atoms with E-state index < -0.39 is 0 Å². The zero-order valence-corrected chi connectivity index (χ0v) is 14.4. The van der Waals surface area contributed by atoms with Crippen LogP contribution in [0.25, 0.3) is 0 Å². The summed E-state index contributed by atoms with van der Waals surface area (Å²) in [5, 5.41) is 3.27. The molecule has 1 aliphatic carbocycles. The fourth-order valence-corrected chi connectivity index (χ4v) is 2.99. The highest BCUT2D eigenvalue weighted by atomic mass is 16.2. The van der Waals surface area contributed by atoms with Crippen molar-refractivity contribution >= 4 is 17.7 Å². The molecule has 0 atom stereocenters. The van der Waals surface area contributed by atoms with Gasteiger partial charge in [-0.05, 0) is 38.0 Å². The van der Waals surface area contributed by atoms with E-state index in [0.29, 0.717) is 30.8 Å². The van der Waals surface area contributed by atoms with E-state index in [9.17, 15) is 4.79 Å². The number of hydrogen-bond acceptors (Lipinski definition) is 6. The molecule has 3 heterocycles. The molecule has 4 rings (SSSR count). The molecular weight excluding hydrogens is 316 g/mol. The number of pyridine rings is 1. The minimum absolute atomic E-state index is 0.0231. The lowest BCUT2D eigenvalue weighted by molar-refractivity contribution is 0.0740. The first kappa shape index (κ1) is 15.8. The van der Waals surface area contributed by atoms with Crippen LogP contribution in [-0.2, 0) is 0 Å². The van der Waals surface area contributed by atoms with Crippen LogP contribution in [0.15, 0.2) is 30.5 Å². The summed E-state index contributed by atoms with van der Waals surface area (Å²) in [6, 6.07) is 8.13. The van der Waals surface area contributed by atoms with Crippen molar-refractivity contribution in [3.63, 3.8) is 0 Å². The summed E-state index contributed by atoms with van der Waals surface area (Å²) in [5.41, 5.74) is 1.29. The van der Waals surface area contributed by atoms with Gasteiger partial charge in [-0.25, -0.2) is 15.0 Å². The van der Waals surface area contributed by atoms with E-state index in [-0.39, 0.29) is 5.91 Å². The SMILES string of the molecule is Cc1cc(C(=O)N2CCN(c3ccccn3)CC2)nc(NC2CC2)n1.